The molecule has 0 aliphatic heterocycles. The van der Waals surface area contributed by atoms with Gasteiger partial charge in [-0.2, -0.15) is 0 Å². The second-order valence-corrected chi connectivity index (χ2v) is 3.20. The number of aliphatic hydroxyl groups is 1. The van der Waals surface area contributed by atoms with E-state index in [0.717, 1.165) is 0 Å². The summed E-state index contributed by atoms with van der Waals surface area (Å²) in [6, 6.07) is 4.08. The van der Waals surface area contributed by atoms with Gasteiger partial charge in [0.1, 0.15) is 5.82 Å². The van der Waals surface area contributed by atoms with E-state index in [1.807, 2.05) is 0 Å². The molecule has 0 saturated carbocycles. The summed E-state index contributed by atoms with van der Waals surface area (Å²) < 4.78 is 12.9. The minimum Gasteiger partial charge on any atom is -0.396 e. The molecule has 0 aromatic heterocycles. The Kier molecular flexibility index (Phi) is 3.66. The molecule has 0 aliphatic rings. The van der Waals surface area contributed by atoms with E-state index in [1.54, 1.807) is 6.07 Å². The van der Waals surface area contributed by atoms with Gasteiger partial charge in [0.25, 0.3) is 0 Å². The molecule has 1 rings (SSSR count). The largest absolute Gasteiger partial charge is 0.396 e. The molecule has 0 heterocycles. The third-order valence-electron chi connectivity index (χ3n) is 1.81. The molecule has 2 nitrogen and oxygen atoms in total. The molecule has 0 amide bonds. The van der Waals surface area contributed by atoms with Crippen LogP contribution >= 0.6 is 11.6 Å². The van der Waals surface area contributed by atoms with E-state index in [4.69, 9.17) is 22.4 Å². The minimum absolute atomic E-state index is 0.00852. The third kappa shape index (κ3) is 2.66. The van der Waals surface area contributed by atoms with Crippen LogP contribution in [0.1, 0.15) is 18.0 Å². The number of nitrogens with two attached hydrogens (primary N) is 1. The molecule has 3 N–H and O–H groups in total. The summed E-state index contributed by atoms with van der Waals surface area (Å²) in [5.74, 6) is -0.479. The maximum Gasteiger partial charge on any atom is 0.142 e. The van der Waals surface area contributed by atoms with Gasteiger partial charge in [0.2, 0.25) is 0 Å². The van der Waals surface area contributed by atoms with Gasteiger partial charge in [0, 0.05) is 12.6 Å². The van der Waals surface area contributed by atoms with Crippen LogP contribution in [0.5, 0.6) is 0 Å². The van der Waals surface area contributed by atoms with E-state index in [1.165, 1.54) is 12.1 Å². The number of hydrogen-bond acceptors (Lipinski definition) is 2. The molecular formula is C9H11ClFNO. The first kappa shape index (κ1) is 10.4. The van der Waals surface area contributed by atoms with Gasteiger partial charge in [-0.25, -0.2) is 4.39 Å². The van der Waals surface area contributed by atoms with E-state index < -0.39 is 5.82 Å². The van der Waals surface area contributed by atoms with Crippen LogP contribution < -0.4 is 5.73 Å². The highest BCUT2D eigenvalue weighted by atomic mass is 35.5. The van der Waals surface area contributed by atoms with Gasteiger partial charge in [-0.1, -0.05) is 17.7 Å². The number of hydrogen-bond donors (Lipinski definition) is 2. The summed E-state index contributed by atoms with van der Waals surface area (Å²) in [4.78, 5) is 0. The highest BCUT2D eigenvalue weighted by molar-refractivity contribution is 6.30. The van der Waals surface area contributed by atoms with Crippen molar-refractivity contribution in [1.82, 2.24) is 0 Å². The summed E-state index contributed by atoms with van der Waals surface area (Å²) >= 11 is 5.50. The second kappa shape index (κ2) is 4.56. The molecule has 0 aliphatic carbocycles. The van der Waals surface area contributed by atoms with E-state index in [9.17, 15) is 4.39 Å². The van der Waals surface area contributed by atoms with Crippen molar-refractivity contribution in [2.75, 3.05) is 6.61 Å². The Morgan fingerprint density at radius 1 is 1.54 bits per heavy atom. The van der Waals surface area contributed by atoms with Crippen molar-refractivity contribution in [3.63, 3.8) is 0 Å². The van der Waals surface area contributed by atoms with Crippen LogP contribution in [0.2, 0.25) is 5.02 Å². The Labute approximate surface area is 81.1 Å². The van der Waals surface area contributed by atoms with Crippen molar-refractivity contribution < 1.29 is 9.50 Å². The fourth-order valence-corrected chi connectivity index (χ4v) is 1.17. The first-order valence-corrected chi connectivity index (χ1v) is 4.34. The van der Waals surface area contributed by atoms with Crippen LogP contribution in [0.3, 0.4) is 0 Å². The predicted molar refractivity (Wildman–Crippen MR) is 50.0 cm³/mol. The summed E-state index contributed by atoms with van der Waals surface area (Å²) in [7, 11) is 0. The van der Waals surface area contributed by atoms with E-state index in [-0.39, 0.29) is 17.7 Å². The van der Waals surface area contributed by atoms with Crippen LogP contribution in [-0.4, -0.2) is 11.7 Å². The molecule has 4 heteroatoms. The zero-order valence-electron chi connectivity index (χ0n) is 7.00. The average Bonchev–Trinajstić information content (AvgIpc) is 2.10. The topological polar surface area (TPSA) is 46.2 Å². The molecule has 0 unspecified atom stereocenters. The van der Waals surface area contributed by atoms with Crippen molar-refractivity contribution in [2.45, 2.75) is 12.5 Å². The van der Waals surface area contributed by atoms with Gasteiger partial charge in [0.05, 0.1) is 5.02 Å². The molecule has 0 bridgehead atoms. The maximum absolute atomic E-state index is 12.9. The van der Waals surface area contributed by atoms with Crippen molar-refractivity contribution in [2.24, 2.45) is 5.73 Å². The normalized spacial score (nSPS) is 12.9. The standard InChI is InChI=1S/C9H11ClFNO/c10-7-2-1-6(5-8(7)11)9(12)3-4-13/h1-2,5,9,13H,3-4,12H2/t9-/m1/s1. The highest BCUT2D eigenvalue weighted by Crippen LogP contribution is 2.20. The first-order chi connectivity index (χ1) is 6.15. The summed E-state index contributed by atoms with van der Waals surface area (Å²) in [6.07, 6.45) is 0.418. The van der Waals surface area contributed by atoms with Gasteiger partial charge in [0.15, 0.2) is 0 Å². The lowest BCUT2D eigenvalue weighted by Crippen LogP contribution is -2.12. The van der Waals surface area contributed by atoms with Gasteiger partial charge >= 0.3 is 0 Å². The molecule has 1 aromatic rings. The van der Waals surface area contributed by atoms with E-state index in [2.05, 4.69) is 0 Å². The molecule has 0 spiro atoms. The molecular weight excluding hydrogens is 193 g/mol. The molecule has 0 radical (unpaired) electrons. The number of halogens is 2. The van der Waals surface area contributed by atoms with Gasteiger partial charge in [-0.3, -0.25) is 0 Å². The van der Waals surface area contributed by atoms with E-state index >= 15 is 0 Å². The smallest absolute Gasteiger partial charge is 0.142 e. The van der Waals surface area contributed by atoms with Crippen LogP contribution in [0.25, 0.3) is 0 Å². The van der Waals surface area contributed by atoms with Crippen molar-refractivity contribution in [1.29, 1.82) is 0 Å². The monoisotopic (exact) mass is 203 g/mol. The van der Waals surface area contributed by atoms with Gasteiger partial charge in [-0.15, -0.1) is 0 Å². The quantitative estimate of drug-likeness (QED) is 0.788. The Bertz CT molecular complexity index is 293. The second-order valence-electron chi connectivity index (χ2n) is 2.79. The SMILES string of the molecule is N[C@H](CCO)c1ccc(Cl)c(F)c1. The van der Waals surface area contributed by atoms with Crippen LogP contribution in [0.15, 0.2) is 18.2 Å². The molecule has 13 heavy (non-hydrogen) atoms. The Balaban J connectivity index is 2.84. The number of benzene rings is 1. The lowest BCUT2D eigenvalue weighted by atomic mass is 10.1. The summed E-state index contributed by atoms with van der Waals surface area (Å²) in [5, 5.41) is 8.71. The predicted octanol–water partition coefficient (Wildman–Crippen LogP) is 1.86. The Morgan fingerprint density at radius 3 is 2.77 bits per heavy atom. The van der Waals surface area contributed by atoms with Crippen LogP contribution in [-0.2, 0) is 0 Å². The third-order valence-corrected chi connectivity index (χ3v) is 2.12. The maximum atomic E-state index is 12.9. The average molecular weight is 204 g/mol. The fourth-order valence-electron chi connectivity index (χ4n) is 1.05. The number of aliphatic hydroxyl groups excluding tert-OH is 1. The number of rotatable bonds is 3. The van der Waals surface area contributed by atoms with Crippen molar-refractivity contribution in [3.8, 4) is 0 Å². The Morgan fingerprint density at radius 2 is 2.23 bits per heavy atom. The van der Waals surface area contributed by atoms with Crippen molar-refractivity contribution in [3.05, 3.63) is 34.6 Å². The van der Waals surface area contributed by atoms with Crippen molar-refractivity contribution >= 4 is 11.6 Å². The first-order valence-electron chi connectivity index (χ1n) is 3.96. The zero-order valence-corrected chi connectivity index (χ0v) is 7.76. The molecule has 0 saturated heterocycles. The summed E-state index contributed by atoms with van der Waals surface area (Å²) in [6.45, 7) is -0.00852. The lowest BCUT2D eigenvalue weighted by molar-refractivity contribution is 0.276. The van der Waals surface area contributed by atoms with Crippen LogP contribution in [0.4, 0.5) is 4.39 Å². The zero-order chi connectivity index (χ0) is 9.84. The molecule has 72 valence electrons. The molecule has 1 atom stereocenters. The Hall–Kier alpha value is -0.640. The lowest BCUT2D eigenvalue weighted by Gasteiger charge is -2.10. The molecule has 1 aromatic carbocycles. The fraction of sp³-hybridized carbons (Fsp3) is 0.333. The van der Waals surface area contributed by atoms with E-state index in [0.29, 0.717) is 12.0 Å². The minimum atomic E-state index is -0.479. The molecule has 0 fully saturated rings. The van der Waals surface area contributed by atoms with Crippen LogP contribution in [0, 0.1) is 5.82 Å². The summed E-state index contributed by atoms with van der Waals surface area (Å²) in [5.41, 5.74) is 6.30. The van der Waals surface area contributed by atoms with Gasteiger partial charge < -0.3 is 10.8 Å². The highest BCUT2D eigenvalue weighted by Gasteiger charge is 2.07. The van der Waals surface area contributed by atoms with Gasteiger partial charge in [-0.05, 0) is 24.1 Å².